The Morgan fingerprint density at radius 3 is 2.37 bits per heavy atom. The molecule has 2 aromatic carbocycles. The number of amides is 1. The minimum Gasteiger partial charge on any atom is -0.368 e. The maximum atomic E-state index is 12.9. The number of hydrogen-bond acceptors (Lipinski definition) is 4. The molecule has 1 heterocycles. The maximum absolute atomic E-state index is 12.9. The lowest BCUT2D eigenvalue weighted by atomic mass is 10.1. The molecule has 144 valence electrons. The first-order valence-corrected chi connectivity index (χ1v) is 10.9. The number of nitrogens with one attached hydrogen (secondary N) is 1. The molecule has 1 amide bonds. The van der Waals surface area contributed by atoms with Gasteiger partial charge in [0.15, 0.2) is 0 Å². The molecule has 0 unspecified atom stereocenters. The quantitative estimate of drug-likeness (QED) is 0.845. The number of carbonyl (C=O) groups is 1. The average Bonchev–Trinajstić information content (AvgIpc) is 2.62. The van der Waals surface area contributed by atoms with E-state index in [2.05, 4.69) is 9.62 Å². The topological polar surface area (TPSA) is 69.7 Å². The molecule has 8 heteroatoms. The monoisotopic (exact) mass is 407 g/mol. The van der Waals surface area contributed by atoms with Crippen molar-refractivity contribution in [1.29, 1.82) is 0 Å². The van der Waals surface area contributed by atoms with Gasteiger partial charge >= 0.3 is 0 Å². The Morgan fingerprint density at radius 2 is 1.74 bits per heavy atom. The summed E-state index contributed by atoms with van der Waals surface area (Å²) in [7, 11) is -3.40. The minimum absolute atomic E-state index is 0.0876. The van der Waals surface area contributed by atoms with E-state index in [-0.39, 0.29) is 5.91 Å². The number of benzene rings is 2. The van der Waals surface area contributed by atoms with E-state index in [0.717, 1.165) is 11.9 Å². The van der Waals surface area contributed by atoms with Crippen molar-refractivity contribution in [3.05, 3.63) is 58.6 Å². The van der Waals surface area contributed by atoms with Crippen LogP contribution in [0.5, 0.6) is 0 Å². The van der Waals surface area contributed by atoms with Crippen molar-refractivity contribution >= 4 is 38.9 Å². The number of rotatable bonds is 4. The van der Waals surface area contributed by atoms with E-state index in [1.54, 1.807) is 30.0 Å². The predicted molar refractivity (Wildman–Crippen MR) is 109 cm³/mol. The van der Waals surface area contributed by atoms with Crippen LogP contribution in [0.25, 0.3) is 0 Å². The molecule has 6 nitrogen and oxygen atoms in total. The summed E-state index contributed by atoms with van der Waals surface area (Å²) in [5.41, 5.74) is 2.62. The zero-order valence-electron chi connectivity index (χ0n) is 15.3. The zero-order valence-corrected chi connectivity index (χ0v) is 16.8. The summed E-state index contributed by atoms with van der Waals surface area (Å²) >= 11 is 6.06. The first-order chi connectivity index (χ1) is 12.7. The third kappa shape index (κ3) is 4.73. The molecule has 0 aliphatic carbocycles. The summed E-state index contributed by atoms with van der Waals surface area (Å²) in [5.74, 6) is -0.0876. The van der Waals surface area contributed by atoms with E-state index in [1.807, 2.05) is 24.3 Å². The lowest BCUT2D eigenvalue weighted by molar-refractivity contribution is 0.0746. The summed E-state index contributed by atoms with van der Waals surface area (Å²) < 4.78 is 25.5. The molecule has 1 N–H and O–H groups in total. The first kappa shape index (κ1) is 19.5. The molecule has 0 saturated carbocycles. The molecular formula is C19H22ClN3O3S. The van der Waals surface area contributed by atoms with Gasteiger partial charge in [0.1, 0.15) is 0 Å². The van der Waals surface area contributed by atoms with Crippen LogP contribution >= 0.6 is 11.6 Å². The second-order valence-electron chi connectivity index (χ2n) is 6.61. The van der Waals surface area contributed by atoms with Gasteiger partial charge < -0.3 is 9.80 Å². The van der Waals surface area contributed by atoms with Crippen molar-refractivity contribution in [3.8, 4) is 0 Å². The highest BCUT2D eigenvalue weighted by molar-refractivity contribution is 7.92. The van der Waals surface area contributed by atoms with E-state index in [4.69, 9.17) is 11.6 Å². The number of hydrogen-bond donors (Lipinski definition) is 1. The predicted octanol–water partition coefficient (Wildman–Crippen LogP) is 2.98. The first-order valence-electron chi connectivity index (χ1n) is 8.62. The van der Waals surface area contributed by atoms with Crippen molar-refractivity contribution in [1.82, 2.24) is 4.90 Å². The Bertz CT molecular complexity index is 954. The molecule has 0 spiro atoms. The molecule has 27 heavy (non-hydrogen) atoms. The Morgan fingerprint density at radius 1 is 1.07 bits per heavy atom. The fraction of sp³-hybridized carbons (Fsp3) is 0.316. The molecule has 3 rings (SSSR count). The molecule has 1 saturated heterocycles. The van der Waals surface area contributed by atoms with Gasteiger partial charge in [0.2, 0.25) is 10.0 Å². The van der Waals surface area contributed by atoms with Gasteiger partial charge in [-0.2, -0.15) is 0 Å². The summed E-state index contributed by atoms with van der Waals surface area (Å²) in [5, 5.41) is 0.692. The van der Waals surface area contributed by atoms with Crippen LogP contribution in [0.3, 0.4) is 0 Å². The number of halogens is 1. The summed E-state index contributed by atoms with van der Waals surface area (Å²) in [6.07, 6.45) is 1.09. The highest BCUT2D eigenvalue weighted by Crippen LogP contribution is 2.24. The Hall–Kier alpha value is -2.25. The molecule has 1 aliphatic rings. The lowest BCUT2D eigenvalue weighted by Crippen LogP contribution is -2.49. The van der Waals surface area contributed by atoms with E-state index >= 15 is 0 Å². The van der Waals surface area contributed by atoms with Crippen LogP contribution in [0.15, 0.2) is 42.5 Å². The van der Waals surface area contributed by atoms with Crippen LogP contribution < -0.4 is 9.62 Å². The van der Waals surface area contributed by atoms with Gasteiger partial charge in [0.05, 0.1) is 11.9 Å². The number of carbonyl (C=O) groups excluding carboxylic acids is 1. The van der Waals surface area contributed by atoms with Gasteiger partial charge in [-0.05, 0) is 42.8 Å². The van der Waals surface area contributed by atoms with Crippen molar-refractivity contribution in [3.63, 3.8) is 0 Å². The van der Waals surface area contributed by atoms with E-state index in [0.29, 0.717) is 48.0 Å². The second kappa shape index (κ2) is 7.78. The third-order valence-electron chi connectivity index (χ3n) is 4.60. The summed E-state index contributed by atoms with van der Waals surface area (Å²) in [6, 6.07) is 12.8. The summed E-state index contributed by atoms with van der Waals surface area (Å²) in [4.78, 5) is 16.9. The number of piperazine rings is 1. The van der Waals surface area contributed by atoms with Crippen LogP contribution in [0.4, 0.5) is 11.4 Å². The van der Waals surface area contributed by atoms with Gasteiger partial charge in [0, 0.05) is 42.5 Å². The molecule has 1 fully saturated rings. The van der Waals surface area contributed by atoms with E-state index in [1.165, 1.54) is 0 Å². The average molecular weight is 408 g/mol. The van der Waals surface area contributed by atoms with Crippen molar-refractivity contribution in [2.24, 2.45) is 0 Å². The van der Waals surface area contributed by atoms with Crippen molar-refractivity contribution < 1.29 is 13.2 Å². The maximum Gasteiger partial charge on any atom is 0.254 e. The van der Waals surface area contributed by atoms with Gasteiger partial charge in [-0.1, -0.05) is 23.7 Å². The molecular weight excluding hydrogens is 386 g/mol. The lowest BCUT2D eigenvalue weighted by Gasteiger charge is -2.36. The molecule has 2 aromatic rings. The fourth-order valence-corrected chi connectivity index (χ4v) is 3.99. The SMILES string of the molecule is Cc1c(NS(C)(=O)=O)cccc1C(=O)N1CCN(c2cccc(Cl)c2)CC1. The standard InChI is InChI=1S/C19H22ClN3O3S/c1-14-17(7-4-8-18(14)21-27(2,25)26)19(24)23-11-9-22(10-12-23)16-6-3-5-15(20)13-16/h3-8,13,21H,9-12H2,1-2H3. The Balaban J connectivity index is 1.72. The third-order valence-corrected chi connectivity index (χ3v) is 5.43. The zero-order chi connectivity index (χ0) is 19.6. The van der Waals surface area contributed by atoms with Crippen LogP contribution in [-0.4, -0.2) is 51.7 Å². The number of nitrogens with zero attached hydrogens (tertiary/aromatic N) is 2. The number of sulfonamides is 1. The Kier molecular flexibility index (Phi) is 5.62. The van der Waals surface area contributed by atoms with Crippen LogP contribution in [-0.2, 0) is 10.0 Å². The highest BCUT2D eigenvalue weighted by atomic mass is 35.5. The molecule has 0 bridgehead atoms. The fourth-order valence-electron chi connectivity index (χ4n) is 3.19. The summed E-state index contributed by atoms with van der Waals surface area (Å²) in [6.45, 7) is 4.37. The van der Waals surface area contributed by atoms with Crippen LogP contribution in [0.2, 0.25) is 5.02 Å². The molecule has 1 aliphatic heterocycles. The number of anilines is 2. The smallest absolute Gasteiger partial charge is 0.254 e. The normalized spacial score (nSPS) is 14.9. The van der Waals surface area contributed by atoms with Gasteiger partial charge in [-0.25, -0.2) is 8.42 Å². The molecule has 0 radical (unpaired) electrons. The van der Waals surface area contributed by atoms with Gasteiger partial charge in [0.25, 0.3) is 5.91 Å². The van der Waals surface area contributed by atoms with E-state index in [9.17, 15) is 13.2 Å². The van der Waals surface area contributed by atoms with Crippen molar-refractivity contribution in [2.75, 3.05) is 42.1 Å². The van der Waals surface area contributed by atoms with Gasteiger partial charge in [-0.15, -0.1) is 0 Å². The van der Waals surface area contributed by atoms with Crippen LogP contribution in [0.1, 0.15) is 15.9 Å². The minimum atomic E-state index is -3.40. The molecule has 0 atom stereocenters. The largest absolute Gasteiger partial charge is 0.368 e. The van der Waals surface area contributed by atoms with Crippen LogP contribution in [0, 0.1) is 6.92 Å². The molecule has 0 aromatic heterocycles. The Labute approximate surface area is 164 Å². The van der Waals surface area contributed by atoms with Gasteiger partial charge in [-0.3, -0.25) is 9.52 Å². The van der Waals surface area contributed by atoms with E-state index < -0.39 is 10.0 Å². The van der Waals surface area contributed by atoms with Crippen molar-refractivity contribution in [2.45, 2.75) is 6.92 Å². The highest BCUT2D eigenvalue weighted by Gasteiger charge is 2.24. The second-order valence-corrected chi connectivity index (χ2v) is 8.80.